The number of carbonyl (C=O) groups excluding carboxylic acids is 1. The molecule has 1 saturated heterocycles. The van der Waals surface area contributed by atoms with Crippen molar-refractivity contribution in [1.82, 2.24) is 19.3 Å². The third-order valence-electron chi connectivity index (χ3n) is 4.94. The second kappa shape index (κ2) is 8.66. The van der Waals surface area contributed by atoms with Gasteiger partial charge in [-0.3, -0.25) is 4.79 Å². The van der Waals surface area contributed by atoms with Crippen molar-refractivity contribution < 1.29 is 17.7 Å². The Hall–Kier alpha value is -2.56. The predicted molar refractivity (Wildman–Crippen MR) is 113 cm³/mol. The fourth-order valence-corrected chi connectivity index (χ4v) is 5.59. The molecule has 4 rings (SSSR count). The molecule has 30 heavy (non-hydrogen) atoms. The summed E-state index contributed by atoms with van der Waals surface area (Å²) in [5.41, 5.74) is 1.14. The van der Waals surface area contributed by atoms with Gasteiger partial charge in [-0.05, 0) is 42.0 Å². The van der Waals surface area contributed by atoms with E-state index in [0.29, 0.717) is 35.9 Å². The van der Waals surface area contributed by atoms with Crippen LogP contribution in [0.4, 0.5) is 0 Å². The summed E-state index contributed by atoms with van der Waals surface area (Å²) in [4.78, 5) is 19.4. The van der Waals surface area contributed by atoms with E-state index in [1.807, 2.05) is 17.5 Å². The molecule has 1 fully saturated rings. The van der Waals surface area contributed by atoms with Gasteiger partial charge in [-0.15, -0.1) is 11.3 Å². The van der Waals surface area contributed by atoms with Gasteiger partial charge in [0, 0.05) is 25.7 Å². The van der Waals surface area contributed by atoms with Crippen LogP contribution in [-0.2, 0) is 22.3 Å². The maximum Gasteiger partial charge on any atom is 0.254 e. The molecule has 0 atom stereocenters. The number of thiophene rings is 1. The van der Waals surface area contributed by atoms with Crippen molar-refractivity contribution in [3.63, 3.8) is 0 Å². The van der Waals surface area contributed by atoms with Crippen LogP contribution < -0.4 is 0 Å². The van der Waals surface area contributed by atoms with E-state index < -0.39 is 10.0 Å². The Labute approximate surface area is 179 Å². The standard InChI is InChI=1S/C20H22N4O4S2/c1-23(13-18-21-19(22-28-18)17-5-4-12-29-17)20(25)16-8-6-15(7-9-16)14-30(26,27)24-10-2-3-11-24/h4-9,12H,2-3,10-11,13-14H2,1H3. The van der Waals surface area contributed by atoms with Crippen LogP contribution in [0.1, 0.15) is 34.7 Å². The highest BCUT2D eigenvalue weighted by Gasteiger charge is 2.25. The fourth-order valence-electron chi connectivity index (χ4n) is 3.33. The highest BCUT2D eigenvalue weighted by atomic mass is 32.2. The molecule has 1 amide bonds. The molecule has 0 spiro atoms. The average molecular weight is 447 g/mol. The number of aromatic nitrogens is 2. The summed E-state index contributed by atoms with van der Waals surface area (Å²) in [6.07, 6.45) is 1.82. The Morgan fingerprint density at radius 2 is 1.93 bits per heavy atom. The number of nitrogens with zero attached hydrogens (tertiary/aromatic N) is 4. The number of hydrogen-bond acceptors (Lipinski definition) is 7. The monoisotopic (exact) mass is 446 g/mol. The Bertz CT molecular complexity index is 1100. The first-order chi connectivity index (χ1) is 14.4. The SMILES string of the molecule is CN(Cc1nc(-c2cccs2)no1)C(=O)c1ccc(CS(=O)(=O)N2CCCC2)cc1. The fraction of sp³-hybridized carbons (Fsp3) is 0.350. The quantitative estimate of drug-likeness (QED) is 0.554. The molecule has 1 aliphatic heterocycles. The summed E-state index contributed by atoms with van der Waals surface area (Å²) in [5.74, 6) is 0.594. The first-order valence-electron chi connectivity index (χ1n) is 9.61. The largest absolute Gasteiger partial charge is 0.337 e. The van der Waals surface area contributed by atoms with Gasteiger partial charge in [-0.1, -0.05) is 23.4 Å². The minimum absolute atomic E-state index is 0.0508. The van der Waals surface area contributed by atoms with Crippen molar-refractivity contribution in [2.24, 2.45) is 0 Å². The maximum atomic E-state index is 12.7. The molecule has 0 aliphatic carbocycles. The minimum atomic E-state index is -3.31. The van der Waals surface area contributed by atoms with Gasteiger partial charge in [0.05, 0.1) is 17.2 Å². The molecule has 8 nitrogen and oxygen atoms in total. The lowest BCUT2D eigenvalue weighted by Crippen LogP contribution is -2.29. The first kappa shape index (κ1) is 20.7. The molecular weight excluding hydrogens is 424 g/mol. The summed E-state index contributed by atoms with van der Waals surface area (Å²) < 4.78 is 31.7. The third kappa shape index (κ3) is 4.61. The normalized spacial score (nSPS) is 14.8. The number of amides is 1. The van der Waals surface area contributed by atoms with Crippen molar-refractivity contribution in [3.8, 4) is 10.7 Å². The van der Waals surface area contributed by atoms with E-state index in [-0.39, 0.29) is 18.2 Å². The molecule has 158 valence electrons. The summed E-state index contributed by atoms with van der Waals surface area (Å²) >= 11 is 1.51. The van der Waals surface area contributed by atoms with E-state index in [2.05, 4.69) is 10.1 Å². The van der Waals surface area contributed by atoms with Crippen molar-refractivity contribution in [1.29, 1.82) is 0 Å². The molecule has 0 N–H and O–H groups in total. The average Bonchev–Trinajstić information content (AvgIpc) is 3.49. The van der Waals surface area contributed by atoms with Gasteiger partial charge in [0.2, 0.25) is 21.7 Å². The van der Waals surface area contributed by atoms with Crippen LogP contribution in [0.25, 0.3) is 10.7 Å². The predicted octanol–water partition coefficient (Wildman–Crippen LogP) is 3.00. The topological polar surface area (TPSA) is 96.6 Å². The molecule has 0 radical (unpaired) electrons. The zero-order valence-corrected chi connectivity index (χ0v) is 18.2. The molecule has 3 heterocycles. The van der Waals surface area contributed by atoms with Crippen LogP contribution in [0.3, 0.4) is 0 Å². The number of sulfonamides is 1. The van der Waals surface area contributed by atoms with Gasteiger partial charge in [0.15, 0.2) is 0 Å². The van der Waals surface area contributed by atoms with Gasteiger partial charge in [0.25, 0.3) is 5.91 Å². The third-order valence-corrected chi connectivity index (χ3v) is 7.65. The van der Waals surface area contributed by atoms with Crippen molar-refractivity contribution >= 4 is 27.3 Å². The van der Waals surface area contributed by atoms with Crippen molar-refractivity contribution in [2.45, 2.75) is 25.1 Å². The highest BCUT2D eigenvalue weighted by Crippen LogP contribution is 2.22. The van der Waals surface area contributed by atoms with Crippen LogP contribution in [0, 0.1) is 0 Å². The zero-order valence-electron chi connectivity index (χ0n) is 16.5. The van der Waals surface area contributed by atoms with Crippen LogP contribution in [0.15, 0.2) is 46.3 Å². The highest BCUT2D eigenvalue weighted by molar-refractivity contribution is 7.88. The van der Waals surface area contributed by atoms with Gasteiger partial charge in [0.1, 0.15) is 0 Å². The summed E-state index contributed by atoms with van der Waals surface area (Å²) in [6, 6.07) is 10.5. The second-order valence-corrected chi connectivity index (χ2v) is 10.1. The molecule has 0 saturated carbocycles. The Kier molecular flexibility index (Phi) is 5.98. The van der Waals surface area contributed by atoms with Gasteiger partial charge in [-0.2, -0.15) is 4.98 Å². The molecule has 0 unspecified atom stereocenters. The van der Waals surface area contributed by atoms with E-state index in [9.17, 15) is 13.2 Å². The molecule has 1 aromatic carbocycles. The molecule has 3 aromatic rings. The van der Waals surface area contributed by atoms with E-state index in [1.54, 1.807) is 31.3 Å². The number of rotatable bonds is 7. The smallest absolute Gasteiger partial charge is 0.254 e. The lowest BCUT2D eigenvalue weighted by Gasteiger charge is -2.16. The lowest BCUT2D eigenvalue weighted by atomic mass is 10.1. The summed E-state index contributed by atoms with van der Waals surface area (Å²) in [7, 11) is -1.65. The van der Waals surface area contributed by atoms with Crippen LogP contribution in [-0.4, -0.2) is 53.8 Å². The lowest BCUT2D eigenvalue weighted by molar-refractivity contribution is 0.0769. The molecule has 1 aliphatic rings. The molecular formula is C20H22N4O4S2. The van der Waals surface area contributed by atoms with Crippen LogP contribution in [0.2, 0.25) is 0 Å². The Balaban J connectivity index is 1.38. The van der Waals surface area contributed by atoms with Gasteiger partial charge in [-0.25, -0.2) is 12.7 Å². The minimum Gasteiger partial charge on any atom is -0.337 e. The van der Waals surface area contributed by atoms with Gasteiger partial charge < -0.3 is 9.42 Å². The Morgan fingerprint density at radius 1 is 1.20 bits per heavy atom. The molecule has 10 heteroatoms. The van der Waals surface area contributed by atoms with E-state index in [4.69, 9.17) is 4.52 Å². The number of carbonyl (C=O) groups is 1. The maximum absolute atomic E-state index is 12.7. The number of hydrogen-bond donors (Lipinski definition) is 0. The zero-order chi connectivity index (χ0) is 21.1. The van der Waals surface area contributed by atoms with E-state index >= 15 is 0 Å². The van der Waals surface area contributed by atoms with E-state index in [0.717, 1.165) is 17.7 Å². The molecule has 0 bridgehead atoms. The summed E-state index contributed by atoms with van der Waals surface area (Å²) in [6.45, 7) is 1.36. The van der Waals surface area contributed by atoms with E-state index in [1.165, 1.54) is 20.5 Å². The number of benzene rings is 1. The van der Waals surface area contributed by atoms with Gasteiger partial charge >= 0.3 is 0 Å². The first-order valence-corrected chi connectivity index (χ1v) is 12.1. The van der Waals surface area contributed by atoms with Crippen LogP contribution >= 0.6 is 11.3 Å². The molecule has 2 aromatic heterocycles. The van der Waals surface area contributed by atoms with Crippen molar-refractivity contribution in [3.05, 3.63) is 58.8 Å². The second-order valence-electron chi connectivity index (χ2n) is 7.21. The van der Waals surface area contributed by atoms with Crippen LogP contribution in [0.5, 0.6) is 0 Å². The Morgan fingerprint density at radius 3 is 2.60 bits per heavy atom. The van der Waals surface area contributed by atoms with Crippen molar-refractivity contribution in [2.75, 3.05) is 20.1 Å². The summed E-state index contributed by atoms with van der Waals surface area (Å²) in [5, 5.41) is 5.88.